The van der Waals surface area contributed by atoms with Gasteiger partial charge in [-0.25, -0.2) is 0 Å². The van der Waals surface area contributed by atoms with Gasteiger partial charge >= 0.3 is 0 Å². The lowest BCUT2D eigenvalue weighted by Gasteiger charge is -2.30. The highest BCUT2D eigenvalue weighted by Gasteiger charge is 2.41. The molecule has 1 aromatic rings. The number of ketones is 1. The first-order chi connectivity index (χ1) is 12.9. The van der Waals surface area contributed by atoms with E-state index in [1.807, 2.05) is 23.1 Å². The number of Topliss-reactive ketones (excluding diaryl/α,β-unsaturated/α-hetero) is 1. The van der Waals surface area contributed by atoms with Gasteiger partial charge in [0, 0.05) is 19.0 Å². The molecule has 2 fully saturated rings. The van der Waals surface area contributed by atoms with E-state index in [0.29, 0.717) is 12.5 Å². The lowest BCUT2D eigenvalue weighted by Crippen LogP contribution is -2.50. The van der Waals surface area contributed by atoms with E-state index in [1.165, 1.54) is 5.56 Å². The van der Waals surface area contributed by atoms with Gasteiger partial charge in [0.2, 0.25) is 5.91 Å². The van der Waals surface area contributed by atoms with Crippen molar-refractivity contribution in [3.63, 3.8) is 0 Å². The van der Waals surface area contributed by atoms with Gasteiger partial charge in [0.1, 0.15) is 0 Å². The Morgan fingerprint density at radius 3 is 2.52 bits per heavy atom. The Morgan fingerprint density at radius 1 is 1.11 bits per heavy atom. The molecule has 0 saturated carbocycles. The monoisotopic (exact) mass is 370 g/mol. The predicted molar refractivity (Wildman–Crippen MR) is 109 cm³/mol. The minimum atomic E-state index is -0.205. The molecule has 0 aliphatic carbocycles. The number of hydrogen-bond donors (Lipinski definition) is 1. The van der Waals surface area contributed by atoms with Crippen LogP contribution in [0.25, 0.3) is 0 Å². The number of amides is 1. The van der Waals surface area contributed by atoms with E-state index in [-0.39, 0.29) is 29.2 Å². The van der Waals surface area contributed by atoms with Crippen molar-refractivity contribution in [3.05, 3.63) is 35.9 Å². The summed E-state index contributed by atoms with van der Waals surface area (Å²) in [4.78, 5) is 27.7. The second kappa shape index (κ2) is 8.55. The molecule has 1 unspecified atom stereocenters. The zero-order valence-corrected chi connectivity index (χ0v) is 17.0. The molecule has 0 bridgehead atoms. The van der Waals surface area contributed by atoms with Crippen molar-refractivity contribution in [2.45, 2.75) is 83.8 Å². The summed E-state index contributed by atoms with van der Waals surface area (Å²) in [7, 11) is 0. The van der Waals surface area contributed by atoms with Crippen molar-refractivity contribution < 1.29 is 9.59 Å². The smallest absolute Gasteiger partial charge is 0.240 e. The first kappa shape index (κ1) is 20.1. The van der Waals surface area contributed by atoms with Crippen molar-refractivity contribution in [3.8, 4) is 0 Å². The fourth-order valence-electron chi connectivity index (χ4n) is 4.46. The second-order valence-electron chi connectivity index (χ2n) is 9.21. The molecule has 0 radical (unpaired) electrons. The minimum absolute atomic E-state index is 0.119. The Hall–Kier alpha value is -1.68. The third-order valence-electron chi connectivity index (χ3n) is 6.13. The van der Waals surface area contributed by atoms with E-state index in [2.05, 4.69) is 38.2 Å². The molecule has 2 saturated heterocycles. The Labute approximate surface area is 163 Å². The van der Waals surface area contributed by atoms with Crippen LogP contribution in [0, 0.1) is 5.41 Å². The quantitative estimate of drug-likeness (QED) is 0.830. The highest BCUT2D eigenvalue weighted by Crippen LogP contribution is 2.30. The topological polar surface area (TPSA) is 49.4 Å². The summed E-state index contributed by atoms with van der Waals surface area (Å²) in [6, 6.07) is 10.3. The van der Waals surface area contributed by atoms with Gasteiger partial charge in [-0.15, -0.1) is 0 Å². The number of nitrogens with one attached hydrogen (secondary N) is 1. The number of hydrogen-bond acceptors (Lipinski definition) is 3. The number of nitrogens with zero attached hydrogens (tertiary/aromatic N) is 1. The molecular formula is C23H34N2O2. The lowest BCUT2D eigenvalue weighted by atomic mass is 9.86. The van der Waals surface area contributed by atoms with Crippen LogP contribution in [0.1, 0.15) is 64.9 Å². The molecule has 27 heavy (non-hydrogen) atoms. The van der Waals surface area contributed by atoms with Crippen LogP contribution in [0.5, 0.6) is 0 Å². The Bertz CT molecular complexity index is 650. The zero-order valence-electron chi connectivity index (χ0n) is 17.0. The Kier molecular flexibility index (Phi) is 6.36. The summed E-state index contributed by atoms with van der Waals surface area (Å²) in [5.74, 6) is 0.378. The zero-order chi connectivity index (χ0) is 19.4. The minimum Gasteiger partial charge on any atom is -0.331 e. The number of benzene rings is 1. The van der Waals surface area contributed by atoms with Crippen LogP contribution in [0.2, 0.25) is 0 Å². The molecule has 1 amide bonds. The van der Waals surface area contributed by atoms with Crippen molar-refractivity contribution in [2.75, 3.05) is 6.54 Å². The number of carbonyl (C=O) groups is 2. The highest BCUT2D eigenvalue weighted by atomic mass is 16.2. The van der Waals surface area contributed by atoms with E-state index in [1.54, 1.807) is 0 Å². The maximum absolute atomic E-state index is 13.0. The molecular weight excluding hydrogens is 336 g/mol. The van der Waals surface area contributed by atoms with Crippen LogP contribution in [-0.4, -0.2) is 41.3 Å². The predicted octanol–water partition coefficient (Wildman–Crippen LogP) is 3.74. The SMILES string of the molecule is CC(C)(C)C1CC[C@@H](C(=O)N2CCC[C@@H]2C(=O)CCCc2ccccc2)N1. The Morgan fingerprint density at radius 2 is 1.85 bits per heavy atom. The van der Waals surface area contributed by atoms with Crippen LogP contribution in [0.15, 0.2) is 30.3 Å². The van der Waals surface area contributed by atoms with Crippen LogP contribution in [-0.2, 0) is 16.0 Å². The molecule has 2 aliphatic heterocycles. The van der Waals surface area contributed by atoms with E-state index in [9.17, 15) is 9.59 Å². The summed E-state index contributed by atoms with van der Waals surface area (Å²) in [6.45, 7) is 7.37. The molecule has 1 aromatic carbocycles. The largest absolute Gasteiger partial charge is 0.331 e. The fourth-order valence-corrected chi connectivity index (χ4v) is 4.46. The fraction of sp³-hybridized carbons (Fsp3) is 0.652. The van der Waals surface area contributed by atoms with Crippen LogP contribution >= 0.6 is 0 Å². The van der Waals surface area contributed by atoms with Gasteiger partial charge in [-0.3, -0.25) is 9.59 Å². The van der Waals surface area contributed by atoms with Gasteiger partial charge in [-0.05, 0) is 49.5 Å². The normalized spacial score (nSPS) is 25.7. The van der Waals surface area contributed by atoms with E-state index < -0.39 is 0 Å². The standard InChI is InChI=1S/C23H34N2O2/c1-23(2,3)21-15-14-18(24-21)22(27)25-16-8-12-19(25)20(26)13-7-11-17-9-5-4-6-10-17/h4-6,9-10,18-19,21,24H,7-8,11-16H2,1-3H3/t18-,19+,21?/m0/s1. The summed E-state index contributed by atoms with van der Waals surface area (Å²) < 4.78 is 0. The van der Waals surface area contributed by atoms with E-state index in [0.717, 1.165) is 45.1 Å². The average Bonchev–Trinajstić information content (AvgIpc) is 3.31. The molecule has 4 nitrogen and oxygen atoms in total. The first-order valence-corrected chi connectivity index (χ1v) is 10.5. The summed E-state index contributed by atoms with van der Waals surface area (Å²) in [6.07, 6.45) is 6.02. The van der Waals surface area contributed by atoms with Gasteiger partial charge in [0.15, 0.2) is 5.78 Å². The average molecular weight is 371 g/mol. The van der Waals surface area contributed by atoms with Crippen molar-refractivity contribution in [2.24, 2.45) is 5.41 Å². The van der Waals surface area contributed by atoms with Crippen molar-refractivity contribution in [1.29, 1.82) is 0 Å². The molecule has 3 rings (SSSR count). The molecule has 2 heterocycles. The van der Waals surface area contributed by atoms with Gasteiger partial charge in [0.05, 0.1) is 12.1 Å². The number of aryl methyl sites for hydroxylation is 1. The molecule has 4 heteroatoms. The van der Waals surface area contributed by atoms with E-state index >= 15 is 0 Å². The maximum Gasteiger partial charge on any atom is 0.240 e. The van der Waals surface area contributed by atoms with Gasteiger partial charge in [-0.2, -0.15) is 0 Å². The third-order valence-corrected chi connectivity index (χ3v) is 6.13. The molecule has 148 valence electrons. The maximum atomic E-state index is 13.0. The second-order valence-corrected chi connectivity index (χ2v) is 9.21. The summed E-state index contributed by atoms with van der Waals surface area (Å²) >= 11 is 0. The number of rotatable bonds is 6. The van der Waals surface area contributed by atoms with Crippen LogP contribution in [0.4, 0.5) is 0 Å². The molecule has 0 spiro atoms. The van der Waals surface area contributed by atoms with Crippen LogP contribution < -0.4 is 5.32 Å². The van der Waals surface area contributed by atoms with Crippen molar-refractivity contribution >= 4 is 11.7 Å². The highest BCUT2D eigenvalue weighted by molar-refractivity contribution is 5.91. The van der Waals surface area contributed by atoms with E-state index in [4.69, 9.17) is 0 Å². The van der Waals surface area contributed by atoms with Gasteiger partial charge < -0.3 is 10.2 Å². The number of likely N-dealkylation sites (tertiary alicyclic amines) is 1. The van der Waals surface area contributed by atoms with Crippen molar-refractivity contribution in [1.82, 2.24) is 10.2 Å². The molecule has 3 atom stereocenters. The van der Waals surface area contributed by atoms with Gasteiger partial charge in [-0.1, -0.05) is 51.1 Å². The lowest BCUT2D eigenvalue weighted by molar-refractivity contribution is -0.139. The first-order valence-electron chi connectivity index (χ1n) is 10.5. The molecule has 1 N–H and O–H groups in total. The molecule has 2 aliphatic rings. The third kappa shape index (κ3) is 4.98. The van der Waals surface area contributed by atoms with Crippen LogP contribution in [0.3, 0.4) is 0 Å². The van der Waals surface area contributed by atoms with Gasteiger partial charge in [0.25, 0.3) is 0 Å². The Balaban J connectivity index is 1.52. The summed E-state index contributed by atoms with van der Waals surface area (Å²) in [5.41, 5.74) is 1.43. The summed E-state index contributed by atoms with van der Waals surface area (Å²) in [5, 5.41) is 3.53. The molecule has 0 aromatic heterocycles. The number of carbonyl (C=O) groups excluding carboxylic acids is 2.